The summed E-state index contributed by atoms with van der Waals surface area (Å²) in [5, 5.41) is 30.0. The van der Waals surface area contributed by atoms with Crippen molar-refractivity contribution in [3.8, 4) is 39.0 Å². The minimum atomic E-state index is -0.206. The lowest BCUT2D eigenvalue weighted by Crippen LogP contribution is -2.02. The van der Waals surface area contributed by atoms with Crippen LogP contribution in [0, 0.1) is 0 Å². The van der Waals surface area contributed by atoms with Crippen molar-refractivity contribution in [2.75, 3.05) is 14.2 Å². The molecular formula is C27H25N3O5S. The van der Waals surface area contributed by atoms with Gasteiger partial charge < -0.3 is 24.8 Å². The number of aromatic nitrogens is 3. The lowest BCUT2D eigenvalue weighted by molar-refractivity contribution is 0.274. The first kappa shape index (κ1) is 24.0. The zero-order chi connectivity index (χ0) is 25.2. The van der Waals surface area contributed by atoms with Crippen LogP contribution in [0.25, 0.3) is 37.7 Å². The lowest BCUT2D eigenvalue weighted by atomic mass is 10.0. The summed E-state index contributed by atoms with van der Waals surface area (Å²) >= 11 is 1.54. The smallest absolute Gasteiger partial charge is 0.138 e. The average Bonchev–Trinajstić information content (AvgIpc) is 3.59. The summed E-state index contributed by atoms with van der Waals surface area (Å²) in [5.74, 6) is 1.25. The van der Waals surface area contributed by atoms with Crippen LogP contribution in [0.2, 0.25) is 0 Å². The molecule has 0 amide bonds. The average molecular weight is 504 g/mol. The third kappa shape index (κ3) is 4.22. The summed E-state index contributed by atoms with van der Waals surface area (Å²) in [6, 6.07) is 15.2. The zero-order valence-electron chi connectivity index (χ0n) is 19.8. The Hall–Kier alpha value is -3.76. The predicted molar refractivity (Wildman–Crippen MR) is 138 cm³/mol. The Labute approximate surface area is 211 Å². The first-order valence-electron chi connectivity index (χ1n) is 11.2. The van der Waals surface area contributed by atoms with E-state index in [9.17, 15) is 15.3 Å². The van der Waals surface area contributed by atoms with E-state index in [4.69, 9.17) is 14.5 Å². The van der Waals surface area contributed by atoms with Crippen LogP contribution in [0.5, 0.6) is 11.5 Å². The second-order valence-corrected chi connectivity index (χ2v) is 9.17. The number of ether oxygens (including phenoxy) is 2. The molecule has 5 rings (SSSR count). The Morgan fingerprint density at radius 1 is 0.861 bits per heavy atom. The SMILES string of the molecule is COc1cc(CO)cc(CO)c1-c1cncn1-c1ccc(-c2nc3cc(CO)cc(OC)c3s2)cc1. The summed E-state index contributed by atoms with van der Waals surface area (Å²) in [4.78, 5) is 9.11. The van der Waals surface area contributed by atoms with E-state index in [1.807, 2.05) is 41.0 Å². The summed E-state index contributed by atoms with van der Waals surface area (Å²) in [6.07, 6.45) is 3.44. The van der Waals surface area contributed by atoms with Gasteiger partial charge in [0.2, 0.25) is 0 Å². The molecule has 0 aliphatic heterocycles. The quantitative estimate of drug-likeness (QED) is 0.289. The van der Waals surface area contributed by atoms with Crippen LogP contribution in [0.1, 0.15) is 16.7 Å². The highest BCUT2D eigenvalue weighted by atomic mass is 32.1. The Morgan fingerprint density at radius 2 is 1.56 bits per heavy atom. The molecule has 184 valence electrons. The molecule has 0 saturated heterocycles. The van der Waals surface area contributed by atoms with Gasteiger partial charge in [0.25, 0.3) is 0 Å². The van der Waals surface area contributed by atoms with Gasteiger partial charge in [0, 0.05) is 16.8 Å². The lowest BCUT2D eigenvalue weighted by Gasteiger charge is -2.16. The van der Waals surface area contributed by atoms with Gasteiger partial charge in [-0.3, -0.25) is 4.57 Å². The van der Waals surface area contributed by atoms with Crippen molar-refractivity contribution in [3.63, 3.8) is 0 Å². The third-order valence-corrected chi connectivity index (χ3v) is 7.16. The van der Waals surface area contributed by atoms with Gasteiger partial charge in [-0.1, -0.05) is 6.07 Å². The summed E-state index contributed by atoms with van der Waals surface area (Å²) in [7, 11) is 3.18. The molecule has 8 nitrogen and oxygen atoms in total. The molecule has 2 heterocycles. The molecule has 2 aromatic heterocycles. The molecule has 9 heteroatoms. The molecule has 0 aliphatic carbocycles. The first-order chi connectivity index (χ1) is 17.6. The Bertz CT molecular complexity index is 1500. The van der Waals surface area contributed by atoms with Crippen molar-refractivity contribution in [2.45, 2.75) is 19.8 Å². The number of fused-ring (bicyclic) bond motifs is 1. The second-order valence-electron chi connectivity index (χ2n) is 8.17. The van der Waals surface area contributed by atoms with Crippen molar-refractivity contribution < 1.29 is 24.8 Å². The van der Waals surface area contributed by atoms with E-state index < -0.39 is 0 Å². The molecule has 0 saturated carbocycles. The number of imidazole rings is 1. The number of aliphatic hydroxyl groups is 3. The fourth-order valence-corrected chi connectivity index (χ4v) is 5.32. The maximum Gasteiger partial charge on any atom is 0.138 e. The van der Waals surface area contributed by atoms with Crippen molar-refractivity contribution in [3.05, 3.63) is 77.7 Å². The topological polar surface area (TPSA) is 110 Å². The monoisotopic (exact) mass is 503 g/mol. The molecule has 3 N–H and O–H groups in total. The largest absolute Gasteiger partial charge is 0.496 e. The normalized spacial score (nSPS) is 11.2. The number of rotatable bonds is 8. The molecule has 36 heavy (non-hydrogen) atoms. The Morgan fingerprint density at radius 3 is 2.22 bits per heavy atom. The van der Waals surface area contributed by atoms with E-state index in [0.29, 0.717) is 22.6 Å². The summed E-state index contributed by atoms with van der Waals surface area (Å²) in [5.41, 5.74) is 6.15. The standard InChI is InChI=1S/C27H25N3O5S/c1-34-23-9-16(12-31)7-19(14-33)25(23)22-11-28-15-30(22)20-5-3-18(4-6-20)27-29-21-8-17(13-32)10-24(35-2)26(21)36-27/h3-11,15,31-33H,12-14H2,1-2H3. The molecule has 0 spiro atoms. The van der Waals surface area contributed by atoms with E-state index in [2.05, 4.69) is 4.98 Å². The van der Waals surface area contributed by atoms with Gasteiger partial charge in [0.15, 0.2) is 0 Å². The van der Waals surface area contributed by atoms with Gasteiger partial charge >= 0.3 is 0 Å². The number of hydrogen-bond donors (Lipinski definition) is 3. The van der Waals surface area contributed by atoms with Crippen LogP contribution in [-0.4, -0.2) is 44.1 Å². The number of nitrogens with zero attached hydrogens (tertiary/aromatic N) is 3. The van der Waals surface area contributed by atoms with Gasteiger partial charge in [0.05, 0.1) is 62.5 Å². The van der Waals surface area contributed by atoms with Crippen LogP contribution in [-0.2, 0) is 19.8 Å². The van der Waals surface area contributed by atoms with E-state index >= 15 is 0 Å². The fourth-order valence-electron chi connectivity index (χ4n) is 4.28. The minimum absolute atomic E-state index is 0.0768. The molecule has 0 atom stereocenters. The van der Waals surface area contributed by atoms with Gasteiger partial charge in [-0.05, 0) is 59.2 Å². The maximum atomic E-state index is 10.0. The van der Waals surface area contributed by atoms with Gasteiger partial charge in [-0.15, -0.1) is 11.3 Å². The summed E-state index contributed by atoms with van der Waals surface area (Å²) in [6.45, 7) is -0.432. The first-order valence-corrected chi connectivity index (χ1v) is 12.0. The highest BCUT2D eigenvalue weighted by Crippen LogP contribution is 2.38. The maximum absolute atomic E-state index is 10.0. The van der Waals surface area contributed by atoms with E-state index in [1.165, 1.54) is 11.3 Å². The van der Waals surface area contributed by atoms with Crippen molar-refractivity contribution in [1.29, 1.82) is 0 Å². The fraction of sp³-hybridized carbons (Fsp3) is 0.185. The molecule has 0 aliphatic rings. The number of hydrogen-bond acceptors (Lipinski definition) is 8. The van der Waals surface area contributed by atoms with Crippen LogP contribution in [0.3, 0.4) is 0 Å². The zero-order valence-corrected chi connectivity index (χ0v) is 20.6. The van der Waals surface area contributed by atoms with Crippen molar-refractivity contribution in [1.82, 2.24) is 14.5 Å². The van der Waals surface area contributed by atoms with Crippen LogP contribution in [0.4, 0.5) is 0 Å². The van der Waals surface area contributed by atoms with Gasteiger partial charge in [0.1, 0.15) is 16.5 Å². The number of methoxy groups -OCH3 is 2. The van der Waals surface area contributed by atoms with Gasteiger partial charge in [-0.2, -0.15) is 0 Å². The van der Waals surface area contributed by atoms with Crippen LogP contribution >= 0.6 is 11.3 Å². The molecule has 3 aromatic carbocycles. The highest BCUT2D eigenvalue weighted by molar-refractivity contribution is 7.22. The molecule has 0 fully saturated rings. The summed E-state index contributed by atoms with van der Waals surface area (Å²) < 4.78 is 13.9. The second kappa shape index (κ2) is 10.1. The number of thiazole rings is 1. The van der Waals surface area contributed by atoms with Gasteiger partial charge in [-0.25, -0.2) is 9.97 Å². The van der Waals surface area contributed by atoms with Crippen molar-refractivity contribution in [2.24, 2.45) is 0 Å². The minimum Gasteiger partial charge on any atom is -0.496 e. The Balaban J connectivity index is 1.54. The van der Waals surface area contributed by atoms with Crippen molar-refractivity contribution >= 4 is 21.6 Å². The molecule has 5 aromatic rings. The van der Waals surface area contributed by atoms with E-state index in [1.54, 1.807) is 38.9 Å². The van der Waals surface area contributed by atoms with E-state index in [0.717, 1.165) is 43.3 Å². The third-order valence-electron chi connectivity index (χ3n) is 6.02. The van der Waals surface area contributed by atoms with Crippen LogP contribution in [0.15, 0.2) is 61.1 Å². The molecular weight excluding hydrogens is 478 g/mol. The number of benzene rings is 3. The predicted octanol–water partition coefficient (Wildman–Crippen LogP) is 4.31. The molecule has 0 unspecified atom stereocenters. The van der Waals surface area contributed by atoms with Crippen LogP contribution < -0.4 is 9.47 Å². The molecule has 0 radical (unpaired) electrons. The highest BCUT2D eigenvalue weighted by Gasteiger charge is 2.18. The van der Waals surface area contributed by atoms with E-state index in [-0.39, 0.29) is 19.8 Å². The molecule has 0 bridgehead atoms. The Kier molecular flexibility index (Phi) is 6.71. The number of aliphatic hydroxyl groups excluding tert-OH is 3.